The van der Waals surface area contributed by atoms with Crippen LogP contribution in [0.25, 0.3) is 0 Å². The van der Waals surface area contributed by atoms with E-state index in [0.717, 1.165) is 15.8 Å². The van der Waals surface area contributed by atoms with E-state index < -0.39 is 5.97 Å². The summed E-state index contributed by atoms with van der Waals surface area (Å²) in [4.78, 5) is 10.5. The molecule has 5 nitrogen and oxygen atoms in total. The molecular formula is C13H13BrN2O3. The van der Waals surface area contributed by atoms with Crippen LogP contribution >= 0.6 is 15.9 Å². The third-order valence-corrected chi connectivity index (χ3v) is 2.88. The van der Waals surface area contributed by atoms with E-state index in [1.807, 2.05) is 6.20 Å². The van der Waals surface area contributed by atoms with Gasteiger partial charge in [-0.15, -0.1) is 0 Å². The van der Waals surface area contributed by atoms with Gasteiger partial charge in [-0.1, -0.05) is 12.1 Å². The molecule has 0 radical (unpaired) electrons. The minimum absolute atomic E-state index is 0.0294. The first-order valence-electron chi connectivity index (χ1n) is 5.75. The van der Waals surface area contributed by atoms with Crippen LogP contribution in [0, 0.1) is 0 Å². The van der Waals surface area contributed by atoms with E-state index in [2.05, 4.69) is 21.0 Å². The highest BCUT2D eigenvalue weighted by Gasteiger charge is 2.01. The second-order valence-electron chi connectivity index (χ2n) is 3.98. The molecule has 0 aliphatic rings. The first-order valence-corrected chi connectivity index (χ1v) is 6.54. The summed E-state index contributed by atoms with van der Waals surface area (Å²) in [6.45, 7) is 1.16. The fourth-order valence-electron chi connectivity index (χ4n) is 1.60. The molecule has 0 saturated heterocycles. The van der Waals surface area contributed by atoms with E-state index in [-0.39, 0.29) is 6.42 Å². The van der Waals surface area contributed by atoms with Crippen LogP contribution in [0.1, 0.15) is 5.56 Å². The summed E-state index contributed by atoms with van der Waals surface area (Å²) in [5.41, 5.74) is 0.760. The lowest BCUT2D eigenvalue weighted by Crippen LogP contribution is -2.08. The summed E-state index contributed by atoms with van der Waals surface area (Å²) in [6.07, 6.45) is 3.63. The molecule has 1 N–H and O–H groups in total. The molecule has 1 aromatic carbocycles. The molecule has 1 aromatic heterocycles. The Hall–Kier alpha value is -1.82. The van der Waals surface area contributed by atoms with Crippen molar-refractivity contribution in [1.82, 2.24) is 9.78 Å². The average molecular weight is 325 g/mol. The summed E-state index contributed by atoms with van der Waals surface area (Å²) >= 11 is 3.32. The number of nitrogens with zero attached hydrogens (tertiary/aromatic N) is 2. The van der Waals surface area contributed by atoms with Crippen LogP contribution in [0.3, 0.4) is 0 Å². The van der Waals surface area contributed by atoms with Crippen LogP contribution in [0.4, 0.5) is 0 Å². The number of hydrogen-bond donors (Lipinski definition) is 1. The van der Waals surface area contributed by atoms with Crippen molar-refractivity contribution < 1.29 is 14.6 Å². The van der Waals surface area contributed by atoms with Gasteiger partial charge in [0.15, 0.2) is 0 Å². The van der Waals surface area contributed by atoms with Gasteiger partial charge in [-0.25, -0.2) is 0 Å². The maximum atomic E-state index is 10.5. The van der Waals surface area contributed by atoms with Crippen LogP contribution < -0.4 is 4.74 Å². The molecule has 2 rings (SSSR count). The molecule has 19 heavy (non-hydrogen) atoms. The van der Waals surface area contributed by atoms with Gasteiger partial charge in [-0.3, -0.25) is 9.48 Å². The SMILES string of the molecule is O=C(O)Cc1ccc(OCCn2cc(Br)cn2)cc1. The summed E-state index contributed by atoms with van der Waals surface area (Å²) in [5, 5.41) is 12.8. The van der Waals surface area contributed by atoms with Gasteiger partial charge in [0.2, 0.25) is 0 Å². The standard InChI is InChI=1S/C13H13BrN2O3/c14-11-8-15-16(9-11)5-6-19-12-3-1-10(2-4-12)7-13(17)18/h1-4,8-9H,5-7H2,(H,17,18). The van der Waals surface area contributed by atoms with Gasteiger partial charge in [0.05, 0.1) is 23.6 Å². The Bertz CT molecular complexity index is 551. The van der Waals surface area contributed by atoms with E-state index in [9.17, 15) is 4.79 Å². The van der Waals surface area contributed by atoms with Crippen LogP contribution in [-0.4, -0.2) is 27.5 Å². The Morgan fingerprint density at radius 1 is 1.37 bits per heavy atom. The molecule has 6 heteroatoms. The Morgan fingerprint density at radius 3 is 2.68 bits per heavy atom. The van der Waals surface area contributed by atoms with E-state index in [1.54, 1.807) is 35.1 Å². The van der Waals surface area contributed by atoms with Gasteiger partial charge in [-0.05, 0) is 33.6 Å². The zero-order valence-electron chi connectivity index (χ0n) is 10.1. The summed E-state index contributed by atoms with van der Waals surface area (Å²) in [7, 11) is 0. The second kappa shape index (κ2) is 6.38. The number of benzene rings is 1. The summed E-state index contributed by atoms with van der Waals surface area (Å²) in [6, 6.07) is 7.07. The predicted octanol–water partition coefficient (Wildman–Crippen LogP) is 2.35. The highest BCUT2D eigenvalue weighted by Crippen LogP contribution is 2.13. The molecule has 0 bridgehead atoms. The average Bonchev–Trinajstić information content (AvgIpc) is 2.77. The van der Waals surface area contributed by atoms with Crippen LogP contribution in [0.5, 0.6) is 5.75 Å². The number of hydrogen-bond acceptors (Lipinski definition) is 3. The number of carboxylic acid groups (broad SMARTS) is 1. The first-order chi connectivity index (χ1) is 9.13. The fourth-order valence-corrected chi connectivity index (χ4v) is 1.92. The van der Waals surface area contributed by atoms with E-state index in [1.165, 1.54) is 0 Å². The summed E-state index contributed by atoms with van der Waals surface area (Å²) in [5.74, 6) is -0.113. The third-order valence-electron chi connectivity index (χ3n) is 2.47. The Labute approximate surface area is 118 Å². The van der Waals surface area contributed by atoms with Crippen molar-refractivity contribution in [3.63, 3.8) is 0 Å². The number of carbonyl (C=O) groups is 1. The molecule has 2 aromatic rings. The number of halogens is 1. The topological polar surface area (TPSA) is 64.3 Å². The molecular weight excluding hydrogens is 312 g/mol. The maximum absolute atomic E-state index is 10.5. The van der Waals surface area contributed by atoms with Crippen molar-refractivity contribution in [2.75, 3.05) is 6.61 Å². The highest BCUT2D eigenvalue weighted by molar-refractivity contribution is 9.10. The number of aromatic nitrogens is 2. The predicted molar refractivity (Wildman–Crippen MR) is 73.2 cm³/mol. The Morgan fingerprint density at radius 2 is 2.11 bits per heavy atom. The summed E-state index contributed by atoms with van der Waals surface area (Å²) < 4.78 is 8.27. The maximum Gasteiger partial charge on any atom is 0.307 e. The lowest BCUT2D eigenvalue weighted by Gasteiger charge is -2.06. The molecule has 0 fully saturated rings. The monoisotopic (exact) mass is 324 g/mol. The van der Waals surface area contributed by atoms with Crippen LogP contribution in [-0.2, 0) is 17.8 Å². The molecule has 100 valence electrons. The van der Waals surface area contributed by atoms with Crippen LogP contribution in [0.15, 0.2) is 41.1 Å². The Balaban J connectivity index is 1.81. The zero-order chi connectivity index (χ0) is 13.7. The normalized spacial score (nSPS) is 10.4. The van der Waals surface area contributed by atoms with Gasteiger partial charge in [0, 0.05) is 6.20 Å². The smallest absolute Gasteiger partial charge is 0.307 e. The van der Waals surface area contributed by atoms with Gasteiger partial charge >= 0.3 is 5.97 Å². The van der Waals surface area contributed by atoms with Crippen molar-refractivity contribution in [3.8, 4) is 5.75 Å². The quantitative estimate of drug-likeness (QED) is 0.885. The van der Waals surface area contributed by atoms with Gasteiger partial charge in [0.25, 0.3) is 0 Å². The van der Waals surface area contributed by atoms with Gasteiger partial charge in [-0.2, -0.15) is 5.10 Å². The Kier molecular flexibility index (Phi) is 4.57. The minimum atomic E-state index is -0.835. The van der Waals surface area contributed by atoms with Crippen molar-refractivity contribution in [1.29, 1.82) is 0 Å². The van der Waals surface area contributed by atoms with Crippen molar-refractivity contribution in [3.05, 3.63) is 46.7 Å². The molecule has 0 aliphatic heterocycles. The largest absolute Gasteiger partial charge is 0.492 e. The van der Waals surface area contributed by atoms with E-state index >= 15 is 0 Å². The molecule has 0 saturated carbocycles. The molecule has 0 aliphatic carbocycles. The fraction of sp³-hybridized carbons (Fsp3) is 0.231. The minimum Gasteiger partial charge on any atom is -0.492 e. The van der Waals surface area contributed by atoms with Crippen LogP contribution in [0.2, 0.25) is 0 Å². The lowest BCUT2D eigenvalue weighted by molar-refractivity contribution is -0.136. The van der Waals surface area contributed by atoms with E-state index in [0.29, 0.717) is 13.2 Å². The van der Waals surface area contributed by atoms with Gasteiger partial charge < -0.3 is 9.84 Å². The highest BCUT2D eigenvalue weighted by atomic mass is 79.9. The molecule has 0 amide bonds. The van der Waals surface area contributed by atoms with Crippen molar-refractivity contribution >= 4 is 21.9 Å². The molecule has 0 unspecified atom stereocenters. The number of ether oxygens (including phenoxy) is 1. The molecule has 0 spiro atoms. The third kappa shape index (κ3) is 4.40. The van der Waals surface area contributed by atoms with Crippen molar-refractivity contribution in [2.24, 2.45) is 0 Å². The first kappa shape index (κ1) is 13.6. The zero-order valence-corrected chi connectivity index (χ0v) is 11.7. The number of rotatable bonds is 6. The second-order valence-corrected chi connectivity index (χ2v) is 4.90. The molecule has 0 atom stereocenters. The van der Waals surface area contributed by atoms with E-state index in [4.69, 9.17) is 9.84 Å². The number of carboxylic acids is 1. The lowest BCUT2D eigenvalue weighted by atomic mass is 10.1. The molecule has 1 heterocycles. The number of aliphatic carboxylic acids is 1. The van der Waals surface area contributed by atoms with Crippen molar-refractivity contribution in [2.45, 2.75) is 13.0 Å². The van der Waals surface area contributed by atoms with Gasteiger partial charge in [0.1, 0.15) is 12.4 Å².